The molecular weight excluding hydrogens is 266 g/mol. The van der Waals surface area contributed by atoms with Crippen LogP contribution in [0.2, 0.25) is 0 Å². The predicted octanol–water partition coefficient (Wildman–Crippen LogP) is 5.42. The highest BCUT2D eigenvalue weighted by atomic mass is 32.1. The van der Waals surface area contributed by atoms with Crippen LogP contribution >= 0.6 is 11.3 Å². The van der Waals surface area contributed by atoms with Crippen LogP contribution in [-0.4, -0.2) is 13.7 Å². The first kappa shape index (κ1) is 14.9. The first-order chi connectivity index (χ1) is 9.83. The number of hydrogen-bond acceptors (Lipinski definition) is 3. The summed E-state index contributed by atoms with van der Waals surface area (Å²) in [6, 6.07) is 12.6. The van der Waals surface area contributed by atoms with Crippen LogP contribution in [0.1, 0.15) is 32.6 Å². The monoisotopic (exact) mass is 289 g/mol. The zero-order valence-corrected chi connectivity index (χ0v) is 13.1. The van der Waals surface area contributed by atoms with Crippen LogP contribution in [0.3, 0.4) is 0 Å². The van der Waals surface area contributed by atoms with Crippen molar-refractivity contribution in [1.29, 1.82) is 0 Å². The molecule has 108 valence electrons. The summed E-state index contributed by atoms with van der Waals surface area (Å²) in [5.74, 6) is 0.968. The van der Waals surface area contributed by atoms with Gasteiger partial charge in [-0.15, -0.1) is 11.3 Å². The zero-order chi connectivity index (χ0) is 14.2. The molecule has 2 aromatic rings. The molecule has 1 heterocycles. The summed E-state index contributed by atoms with van der Waals surface area (Å²) in [6.07, 6.45) is 4.97. The highest BCUT2D eigenvalue weighted by Crippen LogP contribution is 2.31. The summed E-state index contributed by atoms with van der Waals surface area (Å²) in [5, 5.41) is 4.36. The largest absolute Gasteiger partial charge is 0.494 e. The van der Waals surface area contributed by atoms with Crippen molar-refractivity contribution in [2.24, 2.45) is 0 Å². The van der Waals surface area contributed by atoms with Gasteiger partial charge in [0, 0.05) is 11.9 Å². The fraction of sp³-hybridized carbons (Fsp3) is 0.412. The number of ether oxygens (including phenoxy) is 1. The van der Waals surface area contributed by atoms with Crippen molar-refractivity contribution >= 4 is 16.3 Å². The highest BCUT2D eigenvalue weighted by molar-refractivity contribution is 7.19. The van der Waals surface area contributed by atoms with Crippen molar-refractivity contribution in [2.45, 2.75) is 32.6 Å². The van der Waals surface area contributed by atoms with Crippen molar-refractivity contribution in [3.05, 3.63) is 36.4 Å². The predicted molar refractivity (Wildman–Crippen MR) is 88.9 cm³/mol. The van der Waals surface area contributed by atoms with Gasteiger partial charge in [0.1, 0.15) is 5.75 Å². The first-order valence-electron chi connectivity index (χ1n) is 7.34. The van der Waals surface area contributed by atoms with Gasteiger partial charge in [-0.3, -0.25) is 0 Å². The molecule has 0 spiro atoms. The highest BCUT2D eigenvalue weighted by Gasteiger charge is 2.02. The van der Waals surface area contributed by atoms with Crippen molar-refractivity contribution in [2.75, 3.05) is 19.0 Å². The van der Waals surface area contributed by atoms with Crippen LogP contribution < -0.4 is 10.1 Å². The molecule has 0 amide bonds. The molecule has 1 aromatic carbocycles. The van der Waals surface area contributed by atoms with E-state index in [4.69, 9.17) is 4.74 Å². The van der Waals surface area contributed by atoms with Gasteiger partial charge < -0.3 is 10.1 Å². The van der Waals surface area contributed by atoms with Gasteiger partial charge >= 0.3 is 0 Å². The maximum absolute atomic E-state index is 5.76. The van der Waals surface area contributed by atoms with Crippen LogP contribution in [0.4, 0.5) is 5.00 Å². The molecule has 2 rings (SSSR count). The molecule has 0 bridgehead atoms. The molecule has 3 heteroatoms. The summed E-state index contributed by atoms with van der Waals surface area (Å²) in [4.78, 5) is 1.28. The van der Waals surface area contributed by atoms with Crippen molar-refractivity contribution in [1.82, 2.24) is 0 Å². The molecule has 0 unspecified atom stereocenters. The van der Waals surface area contributed by atoms with Gasteiger partial charge in [-0.1, -0.05) is 26.2 Å². The molecule has 2 nitrogen and oxygen atoms in total. The minimum absolute atomic E-state index is 0.822. The minimum atomic E-state index is 0.822. The number of benzene rings is 1. The van der Waals surface area contributed by atoms with Gasteiger partial charge in [0.25, 0.3) is 0 Å². The second-order valence-electron chi connectivity index (χ2n) is 4.85. The lowest BCUT2D eigenvalue weighted by Gasteiger charge is -2.06. The molecular formula is C17H23NOS. The van der Waals surface area contributed by atoms with Crippen LogP contribution in [0.25, 0.3) is 10.4 Å². The Balaban J connectivity index is 1.86. The molecule has 0 aliphatic carbocycles. The molecule has 0 aliphatic rings. The lowest BCUT2D eigenvalue weighted by atomic mass is 10.2. The van der Waals surface area contributed by atoms with E-state index in [1.165, 1.54) is 34.7 Å². The van der Waals surface area contributed by atoms with Crippen LogP contribution in [0.15, 0.2) is 36.4 Å². The van der Waals surface area contributed by atoms with Gasteiger partial charge in [-0.05, 0) is 48.4 Å². The topological polar surface area (TPSA) is 21.3 Å². The Labute approximate surface area is 125 Å². The zero-order valence-electron chi connectivity index (χ0n) is 12.3. The number of rotatable bonds is 8. The molecule has 20 heavy (non-hydrogen) atoms. The van der Waals surface area contributed by atoms with E-state index in [9.17, 15) is 0 Å². The normalized spacial score (nSPS) is 10.5. The van der Waals surface area contributed by atoms with E-state index in [1.54, 1.807) is 11.3 Å². The average Bonchev–Trinajstić information content (AvgIpc) is 2.97. The first-order valence-corrected chi connectivity index (χ1v) is 8.16. The van der Waals surface area contributed by atoms with Crippen LogP contribution in [-0.2, 0) is 0 Å². The Kier molecular flexibility index (Phi) is 5.93. The van der Waals surface area contributed by atoms with E-state index < -0.39 is 0 Å². The van der Waals surface area contributed by atoms with E-state index >= 15 is 0 Å². The summed E-state index contributed by atoms with van der Waals surface area (Å²) >= 11 is 1.77. The Morgan fingerprint density at radius 1 is 1.00 bits per heavy atom. The van der Waals surface area contributed by atoms with Crippen molar-refractivity contribution in [3.63, 3.8) is 0 Å². The van der Waals surface area contributed by atoms with E-state index in [0.29, 0.717) is 0 Å². The molecule has 0 saturated carbocycles. The quantitative estimate of drug-likeness (QED) is 0.655. The molecule has 1 aromatic heterocycles. The van der Waals surface area contributed by atoms with E-state index in [0.717, 1.165) is 18.8 Å². The third-order valence-corrected chi connectivity index (χ3v) is 4.41. The molecule has 0 fully saturated rings. The third kappa shape index (κ3) is 4.27. The number of thiophene rings is 1. The Hall–Kier alpha value is -1.48. The Morgan fingerprint density at radius 2 is 1.80 bits per heavy atom. The van der Waals surface area contributed by atoms with Gasteiger partial charge in [0.15, 0.2) is 0 Å². The van der Waals surface area contributed by atoms with Crippen LogP contribution in [0, 0.1) is 0 Å². The number of unbranched alkanes of at least 4 members (excludes halogenated alkanes) is 3. The van der Waals surface area contributed by atoms with Gasteiger partial charge in [-0.2, -0.15) is 0 Å². The number of anilines is 1. The second kappa shape index (κ2) is 7.95. The number of nitrogens with one attached hydrogen (secondary N) is 1. The summed E-state index contributed by atoms with van der Waals surface area (Å²) < 4.78 is 5.76. The van der Waals surface area contributed by atoms with E-state index in [2.05, 4.69) is 48.6 Å². The standard InChI is InChI=1S/C17H23NOS/c1-3-4-5-6-13-19-15-9-7-14(8-10-15)16-11-12-17(18-2)20-16/h7-12,18H,3-6,13H2,1-2H3. The lowest BCUT2D eigenvalue weighted by Crippen LogP contribution is -1.96. The van der Waals surface area contributed by atoms with Crippen LogP contribution in [0.5, 0.6) is 5.75 Å². The van der Waals surface area contributed by atoms with Crippen molar-refractivity contribution < 1.29 is 4.74 Å². The molecule has 1 N–H and O–H groups in total. The third-order valence-electron chi connectivity index (χ3n) is 3.26. The number of hydrogen-bond donors (Lipinski definition) is 1. The van der Waals surface area contributed by atoms with E-state index in [1.807, 2.05) is 7.05 Å². The fourth-order valence-corrected chi connectivity index (χ4v) is 2.93. The Bertz CT molecular complexity index is 504. The molecule has 0 atom stereocenters. The minimum Gasteiger partial charge on any atom is -0.494 e. The van der Waals surface area contributed by atoms with Crippen molar-refractivity contribution in [3.8, 4) is 16.2 Å². The molecule has 0 aliphatic heterocycles. The Morgan fingerprint density at radius 3 is 2.45 bits per heavy atom. The maximum Gasteiger partial charge on any atom is 0.119 e. The summed E-state index contributed by atoms with van der Waals surface area (Å²) in [7, 11) is 1.95. The smallest absolute Gasteiger partial charge is 0.119 e. The summed E-state index contributed by atoms with van der Waals surface area (Å²) in [6.45, 7) is 3.05. The average molecular weight is 289 g/mol. The second-order valence-corrected chi connectivity index (χ2v) is 5.93. The SMILES string of the molecule is CCCCCCOc1ccc(-c2ccc(NC)s2)cc1. The molecule has 0 radical (unpaired) electrons. The van der Waals surface area contributed by atoms with E-state index in [-0.39, 0.29) is 0 Å². The fourth-order valence-electron chi connectivity index (χ4n) is 2.06. The van der Waals surface area contributed by atoms with Gasteiger partial charge in [0.2, 0.25) is 0 Å². The lowest BCUT2D eigenvalue weighted by molar-refractivity contribution is 0.305. The van der Waals surface area contributed by atoms with Gasteiger partial charge in [0.05, 0.1) is 11.6 Å². The maximum atomic E-state index is 5.76. The molecule has 0 saturated heterocycles. The summed E-state index contributed by atoms with van der Waals surface area (Å²) in [5.41, 5.74) is 1.25. The van der Waals surface area contributed by atoms with Gasteiger partial charge in [-0.25, -0.2) is 0 Å².